The smallest absolute Gasteiger partial charge is 0.264 e. The average molecular weight is 891 g/mol. The Labute approximate surface area is 380 Å². The molecule has 66 heavy (non-hydrogen) atoms. The number of aromatic nitrogens is 4. The normalized spacial score (nSPS) is 16.6. The number of hydrogen-bond acceptors (Lipinski definition) is 13. The Morgan fingerprint density at radius 2 is 1.62 bits per heavy atom. The van der Waals surface area contributed by atoms with Gasteiger partial charge in [0.1, 0.15) is 17.4 Å². The van der Waals surface area contributed by atoms with E-state index in [-0.39, 0.29) is 35.4 Å². The molecule has 1 aliphatic carbocycles. The number of aryl methyl sites for hydroxylation is 1. The van der Waals surface area contributed by atoms with E-state index in [4.69, 9.17) is 30.9 Å². The van der Waals surface area contributed by atoms with Crippen molar-refractivity contribution in [3.05, 3.63) is 119 Å². The van der Waals surface area contributed by atoms with E-state index in [1.54, 1.807) is 24.4 Å². The van der Waals surface area contributed by atoms with Gasteiger partial charge < -0.3 is 31.6 Å². The van der Waals surface area contributed by atoms with Gasteiger partial charge in [-0.05, 0) is 97.8 Å². The second kappa shape index (κ2) is 19.0. The van der Waals surface area contributed by atoms with Crippen LogP contribution in [0.3, 0.4) is 0 Å². The third kappa shape index (κ3) is 9.00. The highest BCUT2D eigenvalue weighted by Crippen LogP contribution is 2.40. The molecule has 1 saturated carbocycles. The molecular weight excluding hydrogens is 841 g/mol. The number of benzene rings is 3. The van der Waals surface area contributed by atoms with Crippen LogP contribution in [0.2, 0.25) is 0 Å². The van der Waals surface area contributed by atoms with E-state index in [0.717, 1.165) is 52.2 Å². The summed E-state index contributed by atoms with van der Waals surface area (Å²) in [4.78, 5) is 78.5. The molecule has 5 amide bonds. The fraction of sp³-hybridized carbons (Fsp3) is 0.306. The minimum atomic E-state index is -1.03. The molecule has 0 bridgehead atoms. The fourth-order valence-corrected chi connectivity index (χ4v) is 8.68. The average Bonchev–Trinajstić information content (AvgIpc) is 3.82. The summed E-state index contributed by atoms with van der Waals surface area (Å²) >= 11 is 0. The zero-order chi connectivity index (χ0) is 45.8. The zero-order valence-electron chi connectivity index (χ0n) is 36.3. The van der Waals surface area contributed by atoms with Crippen molar-refractivity contribution in [2.75, 3.05) is 50.6 Å². The summed E-state index contributed by atoms with van der Waals surface area (Å²) in [7, 11) is 0. The first-order chi connectivity index (χ1) is 32.1. The second-order valence-electron chi connectivity index (χ2n) is 16.7. The number of pyridine rings is 2. The highest BCUT2D eigenvalue weighted by atomic mass is 16.5. The Balaban J connectivity index is 0.728. The van der Waals surface area contributed by atoms with Crippen LogP contribution in [-0.2, 0) is 35.8 Å². The number of fused-ring (bicyclic) bond motifs is 2. The summed E-state index contributed by atoms with van der Waals surface area (Å²) in [6, 6.07) is 27.8. The number of carbonyl (C=O) groups is 5. The minimum absolute atomic E-state index is 0.0511. The topological polar surface area (TPSA) is 239 Å². The first kappa shape index (κ1) is 43.9. The summed E-state index contributed by atoms with van der Waals surface area (Å²) in [5.41, 5.74) is 20.3. The molecular formula is C49H50N10O7. The van der Waals surface area contributed by atoms with Crippen LogP contribution in [0.1, 0.15) is 70.4 Å². The number of ether oxygens (including phenoxy) is 2. The van der Waals surface area contributed by atoms with Crippen LogP contribution >= 0.6 is 0 Å². The van der Waals surface area contributed by atoms with Crippen molar-refractivity contribution >= 4 is 52.2 Å². The molecule has 3 aromatic carbocycles. The maximum absolute atomic E-state index is 13.3. The first-order valence-corrected chi connectivity index (χ1v) is 22.2. The van der Waals surface area contributed by atoms with Crippen molar-refractivity contribution in [3.63, 3.8) is 0 Å². The third-order valence-electron chi connectivity index (χ3n) is 12.4. The standard InChI is InChI=1S/C49H50N10O7/c50-43-35(8-3-22-54-43)44-56-38-16-15-36(55-45(38)58(44)33-13-11-32(12-14-33)49(51)20-4-21-49)31-6-1-5-30(29-31)10-18-40(60)53-24-26-66-28-27-65-25-23-52-37-9-2-7-34-42(37)48(64)59(47(34)63)39-17-19-41(61)57-46(39)62/h1-3,5-9,11-16,22,29,39,52H,4,10,17-21,23-28,51H2,(H2,50,54)(H,53,60)(H,57,61,62). The quantitative estimate of drug-likeness (QED) is 0.0584. The molecule has 0 radical (unpaired) electrons. The number of imide groups is 2. The fourth-order valence-electron chi connectivity index (χ4n) is 8.68. The van der Waals surface area contributed by atoms with Gasteiger partial charge in [-0.15, -0.1) is 0 Å². The van der Waals surface area contributed by atoms with Crippen LogP contribution in [0.4, 0.5) is 11.5 Å². The van der Waals surface area contributed by atoms with Gasteiger partial charge in [0.15, 0.2) is 11.5 Å². The lowest BCUT2D eigenvalue weighted by Gasteiger charge is -2.38. The van der Waals surface area contributed by atoms with E-state index >= 15 is 0 Å². The van der Waals surface area contributed by atoms with Crippen molar-refractivity contribution in [1.29, 1.82) is 0 Å². The van der Waals surface area contributed by atoms with E-state index in [0.29, 0.717) is 86.4 Å². The molecule has 0 spiro atoms. The van der Waals surface area contributed by atoms with Gasteiger partial charge in [0.2, 0.25) is 17.7 Å². The monoisotopic (exact) mass is 890 g/mol. The van der Waals surface area contributed by atoms with E-state index in [1.165, 1.54) is 0 Å². The summed E-state index contributed by atoms with van der Waals surface area (Å²) in [6.45, 7) is 1.94. The third-order valence-corrected chi connectivity index (χ3v) is 12.4. The number of hydrogen-bond donors (Lipinski definition) is 5. The van der Waals surface area contributed by atoms with Gasteiger partial charge in [0, 0.05) is 54.6 Å². The van der Waals surface area contributed by atoms with Gasteiger partial charge in [0.25, 0.3) is 11.8 Å². The van der Waals surface area contributed by atoms with Gasteiger partial charge >= 0.3 is 0 Å². The van der Waals surface area contributed by atoms with Crippen molar-refractivity contribution in [1.82, 2.24) is 35.1 Å². The lowest BCUT2D eigenvalue weighted by molar-refractivity contribution is -0.136. The number of nitrogens with zero attached hydrogens (tertiary/aromatic N) is 5. The largest absolute Gasteiger partial charge is 0.383 e. The number of imidazole rings is 1. The zero-order valence-corrected chi connectivity index (χ0v) is 36.3. The second-order valence-corrected chi connectivity index (χ2v) is 16.7. The van der Waals surface area contributed by atoms with Crippen LogP contribution in [0.5, 0.6) is 0 Å². The van der Waals surface area contributed by atoms with Crippen LogP contribution in [-0.4, -0.2) is 99.5 Å². The molecule has 338 valence electrons. The number of carbonyl (C=O) groups excluding carboxylic acids is 5. The Kier molecular flexibility index (Phi) is 12.6. The molecule has 1 unspecified atom stereocenters. The molecule has 1 atom stereocenters. The molecule has 9 rings (SSSR count). The number of piperidine rings is 1. The molecule has 7 N–H and O–H groups in total. The predicted octanol–water partition coefficient (Wildman–Crippen LogP) is 4.66. The van der Waals surface area contributed by atoms with E-state index < -0.39 is 29.7 Å². The van der Waals surface area contributed by atoms with Crippen LogP contribution < -0.4 is 27.4 Å². The van der Waals surface area contributed by atoms with Crippen molar-refractivity contribution in [2.24, 2.45) is 5.73 Å². The number of amides is 5. The number of nitrogens with two attached hydrogens (primary N) is 2. The lowest BCUT2D eigenvalue weighted by Crippen LogP contribution is -2.54. The highest BCUT2D eigenvalue weighted by Gasteiger charge is 2.45. The highest BCUT2D eigenvalue weighted by molar-refractivity contribution is 6.25. The SMILES string of the molecule is Nc1ncccc1-c1nc2ccc(-c3cccc(CCC(=O)NCCOCCOCCNc4cccc5c4C(=O)N(C4CCC(=O)NC4=O)C5=O)c3)nc2n1-c1ccc(C2(N)CCC2)cc1. The Hall–Kier alpha value is -7.34. The molecule has 1 saturated heterocycles. The van der Waals surface area contributed by atoms with Gasteiger partial charge in [-0.3, -0.25) is 38.8 Å². The summed E-state index contributed by atoms with van der Waals surface area (Å²) < 4.78 is 13.3. The van der Waals surface area contributed by atoms with Crippen LogP contribution in [0, 0.1) is 0 Å². The number of nitrogen functional groups attached to an aromatic ring is 1. The van der Waals surface area contributed by atoms with E-state index in [2.05, 4.69) is 51.3 Å². The van der Waals surface area contributed by atoms with Gasteiger partial charge in [0.05, 0.1) is 48.8 Å². The molecule has 2 aliphatic heterocycles. The Morgan fingerprint density at radius 1 is 0.848 bits per heavy atom. The molecule has 3 aromatic heterocycles. The molecule has 6 aromatic rings. The molecule has 17 nitrogen and oxygen atoms in total. The summed E-state index contributed by atoms with van der Waals surface area (Å²) in [5.74, 6) is -1.30. The van der Waals surface area contributed by atoms with Gasteiger partial charge in [-0.2, -0.15) is 0 Å². The molecule has 2 fully saturated rings. The number of nitrogens with one attached hydrogen (secondary N) is 3. The summed E-state index contributed by atoms with van der Waals surface area (Å²) in [6.07, 6.45) is 5.70. The predicted molar refractivity (Wildman–Crippen MR) is 246 cm³/mol. The maximum atomic E-state index is 13.3. The Morgan fingerprint density at radius 3 is 2.38 bits per heavy atom. The number of anilines is 2. The van der Waals surface area contributed by atoms with Gasteiger partial charge in [-0.1, -0.05) is 36.4 Å². The molecule has 3 aliphatic rings. The molecule has 17 heteroatoms. The van der Waals surface area contributed by atoms with Gasteiger partial charge in [-0.25, -0.2) is 15.0 Å². The van der Waals surface area contributed by atoms with Crippen molar-refractivity contribution in [2.45, 2.75) is 56.5 Å². The maximum Gasteiger partial charge on any atom is 0.264 e. The lowest BCUT2D eigenvalue weighted by atomic mass is 9.73. The number of rotatable bonds is 18. The summed E-state index contributed by atoms with van der Waals surface area (Å²) in [5, 5.41) is 8.26. The first-order valence-electron chi connectivity index (χ1n) is 22.2. The van der Waals surface area contributed by atoms with Crippen LogP contribution in [0.25, 0.3) is 39.5 Å². The minimum Gasteiger partial charge on any atom is -0.383 e. The Bertz CT molecular complexity index is 2840. The van der Waals surface area contributed by atoms with Crippen molar-refractivity contribution in [3.8, 4) is 28.3 Å². The van der Waals surface area contributed by atoms with Crippen LogP contribution in [0.15, 0.2) is 97.2 Å². The molecule has 5 heterocycles. The van der Waals surface area contributed by atoms with E-state index in [9.17, 15) is 24.0 Å². The van der Waals surface area contributed by atoms with E-state index in [1.807, 2.05) is 47.0 Å². The van der Waals surface area contributed by atoms with Crippen molar-refractivity contribution < 1.29 is 33.4 Å².